The number of methoxy groups -OCH3 is 1. The van der Waals surface area contributed by atoms with Gasteiger partial charge in [-0.15, -0.1) is 6.58 Å². The van der Waals surface area contributed by atoms with Crippen molar-refractivity contribution in [3.05, 3.63) is 66.5 Å². The highest BCUT2D eigenvalue weighted by atomic mass is 16.5. The van der Waals surface area contributed by atoms with E-state index < -0.39 is 11.9 Å². The average Bonchev–Trinajstić information content (AvgIpc) is 2.60. The van der Waals surface area contributed by atoms with Crippen LogP contribution in [0.2, 0.25) is 0 Å². The summed E-state index contributed by atoms with van der Waals surface area (Å²) in [5, 5.41) is 5.73. The van der Waals surface area contributed by atoms with Crippen molar-refractivity contribution in [1.29, 1.82) is 0 Å². The second kappa shape index (κ2) is 7.74. The summed E-state index contributed by atoms with van der Waals surface area (Å²) in [7, 11) is 1.29. The molecule has 1 aromatic heterocycles. The number of carbonyl (C=O) groups excluding carboxylic acids is 2. The maximum Gasteiger partial charge on any atom is 0.339 e. The van der Waals surface area contributed by atoms with E-state index in [2.05, 4.69) is 22.2 Å². The van der Waals surface area contributed by atoms with Gasteiger partial charge in [-0.25, -0.2) is 9.78 Å². The number of anilines is 2. The average molecular weight is 311 g/mol. The van der Waals surface area contributed by atoms with Gasteiger partial charge in [0.25, 0.3) is 5.91 Å². The maximum atomic E-state index is 12.2. The summed E-state index contributed by atoms with van der Waals surface area (Å²) in [6.45, 7) is 4.22. The van der Waals surface area contributed by atoms with Gasteiger partial charge >= 0.3 is 5.97 Å². The molecule has 0 bridgehead atoms. The van der Waals surface area contributed by atoms with E-state index in [-0.39, 0.29) is 11.3 Å². The number of aromatic nitrogens is 1. The third kappa shape index (κ3) is 4.16. The number of ether oxygens (including phenoxy) is 1. The van der Waals surface area contributed by atoms with Crippen LogP contribution in [0.4, 0.5) is 11.4 Å². The molecule has 0 aliphatic carbocycles. The number of benzene rings is 1. The van der Waals surface area contributed by atoms with Gasteiger partial charge < -0.3 is 15.4 Å². The van der Waals surface area contributed by atoms with Gasteiger partial charge in [-0.1, -0.05) is 18.2 Å². The number of rotatable bonds is 6. The van der Waals surface area contributed by atoms with Crippen LogP contribution in [0, 0.1) is 0 Å². The minimum atomic E-state index is -0.516. The molecule has 2 rings (SSSR count). The molecule has 0 atom stereocenters. The highest BCUT2D eigenvalue weighted by molar-refractivity contribution is 6.07. The van der Waals surface area contributed by atoms with Gasteiger partial charge in [0.05, 0.1) is 30.2 Å². The van der Waals surface area contributed by atoms with Crippen LogP contribution in [0.3, 0.4) is 0 Å². The molecule has 0 aliphatic rings. The van der Waals surface area contributed by atoms with Crippen LogP contribution in [-0.2, 0) is 4.74 Å². The van der Waals surface area contributed by atoms with Crippen molar-refractivity contribution in [3.8, 4) is 0 Å². The lowest BCUT2D eigenvalue weighted by molar-refractivity contribution is 0.0602. The quantitative estimate of drug-likeness (QED) is 0.633. The molecule has 0 aliphatic heterocycles. The second-order valence-corrected chi connectivity index (χ2v) is 4.59. The summed E-state index contributed by atoms with van der Waals surface area (Å²) in [4.78, 5) is 28.0. The van der Waals surface area contributed by atoms with Gasteiger partial charge in [-0.3, -0.25) is 4.79 Å². The molecule has 0 saturated heterocycles. The summed E-state index contributed by atoms with van der Waals surface area (Å²) >= 11 is 0. The Labute approximate surface area is 134 Å². The number of hydrogen-bond donors (Lipinski definition) is 2. The van der Waals surface area contributed by atoms with Crippen molar-refractivity contribution in [2.24, 2.45) is 0 Å². The van der Waals surface area contributed by atoms with Crippen molar-refractivity contribution in [2.45, 2.75) is 0 Å². The predicted octanol–water partition coefficient (Wildman–Crippen LogP) is 2.72. The third-order valence-electron chi connectivity index (χ3n) is 3.03. The molecule has 6 nitrogen and oxygen atoms in total. The largest absolute Gasteiger partial charge is 0.465 e. The first-order valence-corrected chi connectivity index (χ1v) is 6.95. The smallest absolute Gasteiger partial charge is 0.339 e. The summed E-state index contributed by atoms with van der Waals surface area (Å²) in [6, 6.07) is 9.97. The first-order valence-electron chi connectivity index (χ1n) is 6.95. The van der Waals surface area contributed by atoms with E-state index >= 15 is 0 Å². The molecule has 2 aromatic rings. The number of carbonyl (C=O) groups is 2. The molecule has 0 saturated carbocycles. The zero-order valence-electron chi connectivity index (χ0n) is 12.7. The molecule has 6 heteroatoms. The first kappa shape index (κ1) is 16.2. The van der Waals surface area contributed by atoms with Crippen molar-refractivity contribution in [3.63, 3.8) is 0 Å². The van der Waals surface area contributed by atoms with Crippen molar-refractivity contribution >= 4 is 23.3 Å². The molecule has 0 unspecified atom stereocenters. The number of nitrogens with zero attached hydrogens (tertiary/aromatic N) is 1. The number of esters is 1. The lowest BCUT2D eigenvalue weighted by atomic mass is 10.1. The number of amides is 1. The molecule has 1 heterocycles. The van der Waals surface area contributed by atoms with E-state index in [0.29, 0.717) is 12.2 Å². The highest BCUT2D eigenvalue weighted by Gasteiger charge is 2.14. The first-order chi connectivity index (χ1) is 11.2. The Balaban J connectivity index is 2.13. The van der Waals surface area contributed by atoms with Crippen LogP contribution in [0.15, 0.2) is 55.3 Å². The minimum absolute atomic E-state index is 0.244. The Bertz CT molecular complexity index is 711. The van der Waals surface area contributed by atoms with Crippen LogP contribution in [-0.4, -0.2) is 30.5 Å². The summed E-state index contributed by atoms with van der Waals surface area (Å²) in [5.74, 6) is -0.922. The van der Waals surface area contributed by atoms with Crippen LogP contribution in [0.1, 0.15) is 20.8 Å². The normalized spacial score (nSPS) is 9.78. The monoisotopic (exact) mass is 311 g/mol. The Hall–Kier alpha value is -3.15. The third-order valence-corrected chi connectivity index (χ3v) is 3.03. The van der Waals surface area contributed by atoms with Gasteiger partial charge in [-0.05, 0) is 24.3 Å². The number of nitrogens with one attached hydrogen (secondary N) is 2. The van der Waals surface area contributed by atoms with E-state index in [9.17, 15) is 9.59 Å². The van der Waals surface area contributed by atoms with Gasteiger partial charge in [0, 0.05) is 6.54 Å². The number of para-hydroxylation sites is 1. The zero-order chi connectivity index (χ0) is 16.7. The molecule has 0 radical (unpaired) electrons. The Morgan fingerprint density at radius 2 is 2.04 bits per heavy atom. The van der Waals surface area contributed by atoms with E-state index in [1.165, 1.54) is 7.11 Å². The van der Waals surface area contributed by atoms with Gasteiger partial charge in [0.15, 0.2) is 0 Å². The van der Waals surface area contributed by atoms with Gasteiger partial charge in [-0.2, -0.15) is 0 Å². The van der Waals surface area contributed by atoms with Gasteiger partial charge in [0.1, 0.15) is 5.69 Å². The predicted molar refractivity (Wildman–Crippen MR) is 88.7 cm³/mol. The fourth-order valence-electron chi connectivity index (χ4n) is 1.89. The summed E-state index contributed by atoms with van der Waals surface area (Å²) < 4.78 is 4.70. The molecule has 1 aromatic carbocycles. The molecule has 2 N–H and O–H groups in total. The van der Waals surface area contributed by atoms with Crippen LogP contribution >= 0.6 is 0 Å². The van der Waals surface area contributed by atoms with Crippen LogP contribution in [0.25, 0.3) is 0 Å². The van der Waals surface area contributed by atoms with Crippen molar-refractivity contribution in [2.75, 3.05) is 24.3 Å². The lowest BCUT2D eigenvalue weighted by Gasteiger charge is -2.09. The molecule has 0 fully saturated rings. The Kier molecular flexibility index (Phi) is 5.46. The number of hydrogen-bond acceptors (Lipinski definition) is 5. The lowest BCUT2D eigenvalue weighted by Crippen LogP contribution is -2.16. The van der Waals surface area contributed by atoms with E-state index in [4.69, 9.17) is 4.74 Å². The molecular formula is C17H17N3O3. The fraction of sp³-hybridized carbons (Fsp3) is 0.118. The van der Waals surface area contributed by atoms with Crippen molar-refractivity contribution in [1.82, 2.24) is 4.98 Å². The molecule has 0 spiro atoms. The van der Waals surface area contributed by atoms with E-state index in [1.54, 1.807) is 48.7 Å². The maximum absolute atomic E-state index is 12.2. The highest BCUT2D eigenvalue weighted by Crippen LogP contribution is 2.17. The molecule has 1 amide bonds. The SMILES string of the molecule is C=CCNc1ccc(C(=O)Nc2ccccc2C(=O)OC)nc1. The summed E-state index contributed by atoms with van der Waals surface area (Å²) in [5.41, 5.74) is 1.69. The van der Waals surface area contributed by atoms with Crippen LogP contribution in [0.5, 0.6) is 0 Å². The fourth-order valence-corrected chi connectivity index (χ4v) is 1.89. The Morgan fingerprint density at radius 3 is 2.70 bits per heavy atom. The second-order valence-electron chi connectivity index (χ2n) is 4.59. The zero-order valence-corrected chi connectivity index (χ0v) is 12.7. The van der Waals surface area contributed by atoms with E-state index in [0.717, 1.165) is 5.69 Å². The Morgan fingerprint density at radius 1 is 1.26 bits per heavy atom. The minimum Gasteiger partial charge on any atom is -0.465 e. The molecule has 118 valence electrons. The van der Waals surface area contributed by atoms with Crippen LogP contribution < -0.4 is 10.6 Å². The van der Waals surface area contributed by atoms with Crippen molar-refractivity contribution < 1.29 is 14.3 Å². The molecule has 23 heavy (non-hydrogen) atoms. The molecular weight excluding hydrogens is 294 g/mol. The topological polar surface area (TPSA) is 80.3 Å². The summed E-state index contributed by atoms with van der Waals surface area (Å²) in [6.07, 6.45) is 3.29. The van der Waals surface area contributed by atoms with E-state index in [1.807, 2.05) is 0 Å². The standard InChI is InChI=1S/C17H17N3O3/c1-3-10-18-12-8-9-15(19-11-12)16(21)20-14-7-5-4-6-13(14)17(22)23-2/h3-9,11,18H,1,10H2,2H3,(H,20,21). The number of pyridine rings is 1. The van der Waals surface area contributed by atoms with Gasteiger partial charge in [0.2, 0.25) is 0 Å².